The first kappa shape index (κ1) is 29.9. The van der Waals surface area contributed by atoms with Crippen molar-refractivity contribution in [2.24, 2.45) is 0 Å². The smallest absolute Gasteiger partial charge is 0.406 e. The maximum Gasteiger partial charge on any atom is 0.406 e. The highest BCUT2D eigenvalue weighted by Crippen LogP contribution is 2.47. The minimum absolute atomic E-state index is 0.121. The highest BCUT2D eigenvalue weighted by Gasteiger charge is 2.54. The van der Waals surface area contributed by atoms with Gasteiger partial charge in [-0.1, -0.05) is 24.3 Å². The molecule has 1 fully saturated rings. The molecule has 14 heteroatoms. The number of ether oxygens (including phenoxy) is 2. The number of nitrogens with zero attached hydrogens (tertiary/aromatic N) is 1. The van der Waals surface area contributed by atoms with Gasteiger partial charge in [-0.3, -0.25) is 28.2 Å². The molecular weight excluding hydrogens is 521 g/mol. The summed E-state index contributed by atoms with van der Waals surface area (Å²) in [5.74, 6) is -0.680. The first-order chi connectivity index (χ1) is 17.7. The molecule has 13 nitrogen and oxygen atoms in total. The molecule has 1 aliphatic rings. The van der Waals surface area contributed by atoms with Crippen molar-refractivity contribution in [3.05, 3.63) is 68.5 Å². The van der Waals surface area contributed by atoms with E-state index in [1.165, 1.54) is 13.8 Å². The zero-order chi connectivity index (χ0) is 28.3. The third kappa shape index (κ3) is 7.06. The quantitative estimate of drug-likeness (QED) is 0.231. The molecule has 0 amide bonds. The second kappa shape index (κ2) is 12.0. The zero-order valence-corrected chi connectivity index (χ0v) is 22.7. The van der Waals surface area contributed by atoms with Gasteiger partial charge >= 0.3 is 19.4 Å². The number of esters is 1. The van der Waals surface area contributed by atoms with E-state index in [4.69, 9.17) is 18.5 Å². The van der Waals surface area contributed by atoms with E-state index in [2.05, 4.69) is 10.1 Å². The van der Waals surface area contributed by atoms with Crippen molar-refractivity contribution in [2.75, 3.05) is 6.61 Å². The van der Waals surface area contributed by atoms with Crippen LogP contribution in [0.5, 0.6) is 0 Å². The molecule has 0 saturated carbocycles. The molecule has 1 saturated heterocycles. The molecule has 3 rings (SSSR count). The van der Waals surface area contributed by atoms with Crippen LogP contribution in [-0.4, -0.2) is 62.3 Å². The van der Waals surface area contributed by atoms with Crippen molar-refractivity contribution in [3.63, 3.8) is 0 Å². The molecule has 0 bridgehead atoms. The number of hydrogen-bond acceptors (Lipinski definition) is 10. The summed E-state index contributed by atoms with van der Waals surface area (Å²) < 4.78 is 36.7. The first-order valence-electron chi connectivity index (χ1n) is 12.0. The molecule has 0 spiro atoms. The third-order valence-electron chi connectivity index (χ3n) is 5.98. The molecule has 2 heterocycles. The topological polar surface area (TPSA) is 178 Å². The Hall–Kier alpha value is -2.64. The number of hydrogen-bond donors (Lipinski definition) is 4. The van der Waals surface area contributed by atoms with Crippen molar-refractivity contribution in [2.45, 2.75) is 77.4 Å². The second-order valence-corrected chi connectivity index (χ2v) is 11.3. The van der Waals surface area contributed by atoms with Crippen LogP contribution in [0.3, 0.4) is 0 Å². The van der Waals surface area contributed by atoms with Crippen LogP contribution in [0.2, 0.25) is 0 Å². The van der Waals surface area contributed by atoms with E-state index in [-0.39, 0.29) is 6.61 Å². The van der Waals surface area contributed by atoms with Crippen LogP contribution in [-0.2, 0) is 34.5 Å². The number of rotatable bonds is 11. The largest absolute Gasteiger partial charge is 0.462 e. The maximum absolute atomic E-state index is 13.7. The molecule has 0 radical (unpaired) electrons. The van der Waals surface area contributed by atoms with Gasteiger partial charge < -0.3 is 19.7 Å². The second-order valence-electron chi connectivity index (χ2n) is 9.54. The lowest BCUT2D eigenvalue weighted by Gasteiger charge is -2.27. The molecule has 1 aliphatic heterocycles. The fourth-order valence-electron chi connectivity index (χ4n) is 3.82. The Morgan fingerprint density at radius 3 is 2.55 bits per heavy atom. The summed E-state index contributed by atoms with van der Waals surface area (Å²) in [4.78, 5) is 38.0. The van der Waals surface area contributed by atoms with E-state index < -0.39 is 67.8 Å². The summed E-state index contributed by atoms with van der Waals surface area (Å²) in [6.07, 6.45) is -3.52. The fourth-order valence-corrected chi connectivity index (χ4v) is 5.28. The van der Waals surface area contributed by atoms with E-state index in [1.807, 2.05) is 19.1 Å². The minimum Gasteiger partial charge on any atom is -0.462 e. The average molecular weight is 556 g/mol. The summed E-state index contributed by atoms with van der Waals surface area (Å²) in [6, 6.07) is 7.24. The monoisotopic (exact) mass is 555 g/mol. The predicted octanol–water partition coefficient (Wildman–Crippen LogP) is 1.13. The average Bonchev–Trinajstić information content (AvgIpc) is 3.05. The molecule has 1 aromatic heterocycles. The summed E-state index contributed by atoms with van der Waals surface area (Å²) >= 11 is 0. The lowest BCUT2D eigenvalue weighted by molar-refractivity contribution is -0.149. The number of H-pyrrole nitrogens is 1. The van der Waals surface area contributed by atoms with Crippen LogP contribution in [0.1, 0.15) is 45.0 Å². The van der Waals surface area contributed by atoms with Crippen LogP contribution in [0.4, 0.5) is 0 Å². The van der Waals surface area contributed by atoms with Gasteiger partial charge in [-0.15, -0.1) is 0 Å². The number of aryl methyl sites for hydroxylation is 1. The number of aromatic nitrogens is 2. The first-order valence-corrected chi connectivity index (χ1v) is 13.6. The molecule has 38 heavy (non-hydrogen) atoms. The van der Waals surface area contributed by atoms with Gasteiger partial charge in [0.25, 0.3) is 5.56 Å². The van der Waals surface area contributed by atoms with E-state index in [9.17, 15) is 29.2 Å². The number of carbonyl (C=O) groups excluding carboxylic acids is 1. The van der Waals surface area contributed by atoms with Gasteiger partial charge in [-0.25, -0.2) is 14.4 Å². The molecule has 4 unspecified atom stereocenters. The predicted molar refractivity (Wildman–Crippen MR) is 135 cm³/mol. The van der Waals surface area contributed by atoms with Gasteiger partial charge in [0, 0.05) is 12.3 Å². The Morgan fingerprint density at radius 1 is 1.24 bits per heavy atom. The van der Waals surface area contributed by atoms with E-state index in [1.54, 1.807) is 26.0 Å². The van der Waals surface area contributed by atoms with Gasteiger partial charge in [-0.05, 0) is 45.7 Å². The lowest BCUT2D eigenvalue weighted by atomic mass is 9.96. The van der Waals surface area contributed by atoms with Gasteiger partial charge in [0.1, 0.15) is 23.9 Å². The fraction of sp³-hybridized carbons (Fsp3) is 0.542. The minimum atomic E-state index is -4.23. The summed E-state index contributed by atoms with van der Waals surface area (Å²) in [6.45, 7) is 7.21. The van der Waals surface area contributed by atoms with Crippen molar-refractivity contribution in [3.8, 4) is 0 Å². The Bertz CT molecular complexity index is 1290. The van der Waals surface area contributed by atoms with E-state index in [0.717, 1.165) is 28.0 Å². The van der Waals surface area contributed by atoms with E-state index >= 15 is 0 Å². The van der Waals surface area contributed by atoms with Gasteiger partial charge in [-0.2, -0.15) is 0 Å². The third-order valence-corrected chi connectivity index (χ3v) is 7.64. The molecular formula is C24H34N3O10P. The normalized spacial score (nSPS) is 25.7. The molecule has 4 N–H and O–H groups in total. The Kier molecular flexibility index (Phi) is 9.48. The zero-order valence-electron chi connectivity index (χ0n) is 21.8. The van der Waals surface area contributed by atoms with Crippen LogP contribution in [0.15, 0.2) is 46.1 Å². The molecule has 210 valence electrons. The van der Waals surface area contributed by atoms with Gasteiger partial charge in [0.05, 0.1) is 19.3 Å². The van der Waals surface area contributed by atoms with Gasteiger partial charge in [0.2, 0.25) is 0 Å². The standard InChI is InChI=1S/C24H34N3O10P/c1-14(2)36-21(30)16(4)26-38(33,34-12-17-9-7-6-8-15(17)3)35-13-18-20(29)24(5,32)22(37-18)27-11-10-19(28)25-23(27)31/h6-11,14,16,18,20,22,29,32H,12-13H2,1-5H3,(H,26,33)(H,25,28,31)/t16-,18?,20?,22?,24?,38+/m0/s1. The van der Waals surface area contributed by atoms with Crippen LogP contribution >= 0.6 is 7.75 Å². The maximum atomic E-state index is 13.7. The molecule has 1 aromatic carbocycles. The van der Waals surface area contributed by atoms with Crippen molar-refractivity contribution < 1.29 is 38.1 Å². The van der Waals surface area contributed by atoms with Gasteiger partial charge in [0.15, 0.2) is 6.23 Å². The number of benzene rings is 1. The van der Waals surface area contributed by atoms with Crippen LogP contribution in [0.25, 0.3) is 0 Å². The van der Waals surface area contributed by atoms with Crippen LogP contribution in [0, 0.1) is 6.92 Å². The summed E-state index contributed by atoms with van der Waals surface area (Å²) in [5, 5.41) is 24.2. The summed E-state index contributed by atoms with van der Waals surface area (Å²) in [5.41, 5.74) is -1.88. The molecule has 2 aromatic rings. The number of nitrogens with one attached hydrogen (secondary N) is 2. The van der Waals surface area contributed by atoms with Crippen molar-refractivity contribution >= 4 is 13.7 Å². The van der Waals surface area contributed by atoms with Crippen LogP contribution < -0.4 is 16.3 Å². The number of aromatic amines is 1. The Balaban J connectivity index is 1.79. The SMILES string of the molecule is Cc1ccccc1CO[P@](=O)(N[C@@H](C)C(=O)OC(C)C)OCC1OC(n2ccc(=O)[nH]c2=O)C(C)(O)C1O. The number of carbonyl (C=O) groups is 1. The highest BCUT2D eigenvalue weighted by atomic mass is 31.2. The Morgan fingerprint density at radius 2 is 1.92 bits per heavy atom. The molecule has 0 aliphatic carbocycles. The molecule has 6 atom stereocenters. The number of aliphatic hydroxyl groups excluding tert-OH is 1. The Labute approximate surface area is 219 Å². The summed E-state index contributed by atoms with van der Waals surface area (Å²) in [7, 11) is -4.23. The van der Waals surface area contributed by atoms with E-state index in [0.29, 0.717) is 0 Å². The van der Waals surface area contributed by atoms with Crippen molar-refractivity contribution in [1.82, 2.24) is 14.6 Å². The highest BCUT2D eigenvalue weighted by molar-refractivity contribution is 7.51. The number of aliphatic hydroxyl groups is 2. The van der Waals surface area contributed by atoms with Crippen molar-refractivity contribution in [1.29, 1.82) is 0 Å². The lowest BCUT2D eigenvalue weighted by Crippen LogP contribution is -2.47.